The van der Waals surface area contributed by atoms with Gasteiger partial charge in [-0.1, -0.05) is 36.4 Å². The number of fused-ring (bicyclic) bond motifs is 1. The molecule has 0 aromatic heterocycles. The van der Waals surface area contributed by atoms with Gasteiger partial charge in [-0.25, -0.2) is 0 Å². The Hall–Kier alpha value is -2.49. The maximum absolute atomic E-state index is 13.0. The van der Waals surface area contributed by atoms with Gasteiger partial charge in [-0.3, -0.25) is 4.79 Å². The molecule has 4 nitrogen and oxygen atoms in total. The molecule has 4 rings (SSSR count). The predicted octanol–water partition coefficient (Wildman–Crippen LogP) is 3.89. The minimum absolute atomic E-state index is 0.105. The Labute approximate surface area is 161 Å². The van der Waals surface area contributed by atoms with Crippen LogP contribution in [0.2, 0.25) is 0 Å². The third-order valence-corrected chi connectivity index (χ3v) is 5.70. The molecule has 0 saturated carbocycles. The van der Waals surface area contributed by atoms with Gasteiger partial charge in [-0.15, -0.1) is 0 Å². The van der Waals surface area contributed by atoms with Crippen molar-refractivity contribution in [3.63, 3.8) is 0 Å². The minimum Gasteiger partial charge on any atom is -0.492 e. The Morgan fingerprint density at radius 1 is 1.07 bits per heavy atom. The van der Waals surface area contributed by atoms with Crippen LogP contribution in [0.4, 0.5) is 5.69 Å². The van der Waals surface area contributed by atoms with Crippen LogP contribution < -0.4 is 9.64 Å². The number of hydrogen-bond acceptors (Lipinski definition) is 3. The SMILES string of the molecule is CN(Cc1ccccc1N1CCCCC1)C(=O)C1COc2ccccc2C1. The van der Waals surface area contributed by atoms with Gasteiger partial charge in [0.15, 0.2) is 0 Å². The molecule has 2 aliphatic rings. The second kappa shape index (κ2) is 8.03. The van der Waals surface area contributed by atoms with Crippen molar-refractivity contribution in [3.05, 3.63) is 59.7 Å². The predicted molar refractivity (Wildman–Crippen MR) is 108 cm³/mol. The van der Waals surface area contributed by atoms with Crippen molar-refractivity contribution in [1.29, 1.82) is 0 Å². The molecule has 0 N–H and O–H groups in total. The summed E-state index contributed by atoms with van der Waals surface area (Å²) in [4.78, 5) is 17.4. The number of ether oxygens (including phenoxy) is 1. The van der Waals surface area contributed by atoms with Gasteiger partial charge in [0.25, 0.3) is 0 Å². The first-order chi connectivity index (χ1) is 13.2. The highest BCUT2D eigenvalue weighted by molar-refractivity contribution is 5.79. The first kappa shape index (κ1) is 17.9. The second-order valence-electron chi connectivity index (χ2n) is 7.69. The lowest BCUT2D eigenvalue weighted by atomic mass is 9.95. The maximum atomic E-state index is 13.0. The number of amides is 1. The normalized spacial score (nSPS) is 19.1. The van der Waals surface area contributed by atoms with E-state index in [0.717, 1.165) is 30.8 Å². The number of nitrogens with zero attached hydrogens (tertiary/aromatic N) is 2. The number of benzene rings is 2. The molecule has 1 fully saturated rings. The van der Waals surface area contributed by atoms with E-state index in [4.69, 9.17) is 4.74 Å². The summed E-state index contributed by atoms with van der Waals surface area (Å²) < 4.78 is 5.82. The van der Waals surface area contributed by atoms with Gasteiger partial charge in [0, 0.05) is 32.4 Å². The first-order valence-electron chi connectivity index (χ1n) is 10.0. The molecule has 0 aliphatic carbocycles. The Morgan fingerprint density at radius 3 is 2.67 bits per heavy atom. The van der Waals surface area contributed by atoms with Crippen LogP contribution in [0.15, 0.2) is 48.5 Å². The summed E-state index contributed by atoms with van der Waals surface area (Å²) in [6.07, 6.45) is 4.58. The fraction of sp³-hybridized carbons (Fsp3) is 0.435. The van der Waals surface area contributed by atoms with Crippen LogP contribution in [0, 0.1) is 5.92 Å². The number of anilines is 1. The van der Waals surface area contributed by atoms with Crippen molar-refractivity contribution in [1.82, 2.24) is 4.90 Å². The van der Waals surface area contributed by atoms with Crippen LogP contribution in [0.3, 0.4) is 0 Å². The average molecular weight is 364 g/mol. The molecule has 142 valence electrons. The van der Waals surface area contributed by atoms with E-state index in [-0.39, 0.29) is 11.8 Å². The van der Waals surface area contributed by atoms with E-state index in [1.165, 1.54) is 30.5 Å². The monoisotopic (exact) mass is 364 g/mol. The number of carbonyl (C=O) groups excluding carboxylic acids is 1. The van der Waals surface area contributed by atoms with Gasteiger partial charge in [0.1, 0.15) is 12.4 Å². The average Bonchev–Trinajstić information content (AvgIpc) is 2.74. The van der Waals surface area contributed by atoms with Gasteiger partial charge in [0.05, 0.1) is 5.92 Å². The molecule has 4 heteroatoms. The zero-order valence-electron chi connectivity index (χ0n) is 16.1. The molecule has 0 spiro atoms. The highest BCUT2D eigenvalue weighted by Crippen LogP contribution is 2.29. The lowest BCUT2D eigenvalue weighted by Crippen LogP contribution is -2.38. The largest absolute Gasteiger partial charge is 0.492 e. The molecular weight excluding hydrogens is 336 g/mol. The topological polar surface area (TPSA) is 32.8 Å². The molecule has 0 radical (unpaired) electrons. The maximum Gasteiger partial charge on any atom is 0.229 e. The van der Waals surface area contributed by atoms with Crippen molar-refractivity contribution in [3.8, 4) is 5.75 Å². The van der Waals surface area contributed by atoms with E-state index in [2.05, 4.69) is 35.2 Å². The smallest absolute Gasteiger partial charge is 0.229 e. The molecule has 1 saturated heterocycles. The Morgan fingerprint density at radius 2 is 1.81 bits per heavy atom. The Kier molecular flexibility index (Phi) is 5.33. The van der Waals surface area contributed by atoms with Gasteiger partial charge >= 0.3 is 0 Å². The van der Waals surface area contributed by atoms with E-state index in [1.807, 2.05) is 30.1 Å². The quantitative estimate of drug-likeness (QED) is 0.825. The fourth-order valence-electron chi connectivity index (χ4n) is 4.22. The van der Waals surface area contributed by atoms with Crippen molar-refractivity contribution in [2.75, 3.05) is 31.6 Å². The van der Waals surface area contributed by atoms with Gasteiger partial charge < -0.3 is 14.5 Å². The molecule has 1 atom stereocenters. The van der Waals surface area contributed by atoms with Gasteiger partial charge in [-0.05, 0) is 48.9 Å². The summed E-state index contributed by atoms with van der Waals surface area (Å²) in [7, 11) is 1.91. The lowest BCUT2D eigenvalue weighted by Gasteiger charge is -2.32. The van der Waals surface area contributed by atoms with E-state index in [0.29, 0.717) is 13.2 Å². The van der Waals surface area contributed by atoms with Crippen LogP contribution in [-0.4, -0.2) is 37.6 Å². The molecule has 1 unspecified atom stereocenters. The molecule has 1 amide bonds. The van der Waals surface area contributed by atoms with E-state index in [9.17, 15) is 4.79 Å². The summed E-state index contributed by atoms with van der Waals surface area (Å²) in [5.74, 6) is 0.977. The fourth-order valence-corrected chi connectivity index (χ4v) is 4.22. The summed E-state index contributed by atoms with van der Waals surface area (Å²) in [5.41, 5.74) is 3.64. The van der Waals surface area contributed by atoms with Crippen molar-refractivity contribution >= 4 is 11.6 Å². The van der Waals surface area contributed by atoms with E-state index < -0.39 is 0 Å². The summed E-state index contributed by atoms with van der Waals surface area (Å²) in [6, 6.07) is 16.5. The molecular formula is C23H28N2O2. The highest BCUT2D eigenvalue weighted by atomic mass is 16.5. The summed E-state index contributed by atoms with van der Waals surface area (Å²) >= 11 is 0. The number of piperidine rings is 1. The molecule has 0 bridgehead atoms. The number of carbonyl (C=O) groups is 1. The third-order valence-electron chi connectivity index (χ3n) is 5.70. The molecule has 2 aromatic carbocycles. The summed E-state index contributed by atoms with van der Waals surface area (Å²) in [6.45, 7) is 3.33. The van der Waals surface area contributed by atoms with Gasteiger partial charge in [-0.2, -0.15) is 0 Å². The number of rotatable bonds is 4. The van der Waals surface area contributed by atoms with Crippen LogP contribution in [0.25, 0.3) is 0 Å². The number of hydrogen-bond donors (Lipinski definition) is 0. The van der Waals surface area contributed by atoms with E-state index >= 15 is 0 Å². The van der Waals surface area contributed by atoms with Crippen LogP contribution in [-0.2, 0) is 17.8 Å². The number of para-hydroxylation sites is 2. The third kappa shape index (κ3) is 3.95. The zero-order valence-corrected chi connectivity index (χ0v) is 16.1. The highest BCUT2D eigenvalue weighted by Gasteiger charge is 2.28. The Balaban J connectivity index is 1.45. The minimum atomic E-state index is -0.105. The summed E-state index contributed by atoms with van der Waals surface area (Å²) in [5, 5.41) is 0. The van der Waals surface area contributed by atoms with Gasteiger partial charge in [0.2, 0.25) is 5.91 Å². The van der Waals surface area contributed by atoms with E-state index in [1.54, 1.807) is 0 Å². The van der Waals surface area contributed by atoms with Crippen LogP contribution in [0.5, 0.6) is 5.75 Å². The van der Waals surface area contributed by atoms with Crippen molar-refractivity contribution in [2.45, 2.75) is 32.2 Å². The van der Waals surface area contributed by atoms with Crippen molar-refractivity contribution in [2.24, 2.45) is 5.92 Å². The van der Waals surface area contributed by atoms with Crippen LogP contribution >= 0.6 is 0 Å². The molecule has 2 aromatic rings. The molecule has 2 heterocycles. The lowest BCUT2D eigenvalue weighted by molar-refractivity contribution is -0.136. The Bertz CT molecular complexity index is 798. The van der Waals surface area contributed by atoms with Crippen LogP contribution in [0.1, 0.15) is 30.4 Å². The molecule has 2 aliphatic heterocycles. The van der Waals surface area contributed by atoms with Crippen molar-refractivity contribution < 1.29 is 9.53 Å². The second-order valence-corrected chi connectivity index (χ2v) is 7.69. The molecule has 27 heavy (non-hydrogen) atoms. The zero-order chi connectivity index (χ0) is 18.6. The first-order valence-corrected chi connectivity index (χ1v) is 10.0. The standard InChI is InChI=1S/C23H28N2O2/c1-24(23(26)20-15-18-9-4-6-12-22(18)27-17-20)16-19-10-3-5-11-21(19)25-13-7-2-8-14-25/h3-6,9-12,20H,2,7-8,13-17H2,1H3.